The van der Waals surface area contributed by atoms with Crippen molar-refractivity contribution >= 4 is 41.6 Å². The summed E-state index contributed by atoms with van der Waals surface area (Å²) in [6.07, 6.45) is 2.51. The fourth-order valence-corrected chi connectivity index (χ4v) is 3.63. The van der Waals surface area contributed by atoms with E-state index < -0.39 is 26.4 Å². The van der Waals surface area contributed by atoms with Crippen molar-refractivity contribution in [2.45, 2.75) is 31.1 Å². The van der Waals surface area contributed by atoms with Crippen LogP contribution in [0.5, 0.6) is 0 Å². The van der Waals surface area contributed by atoms with Crippen LogP contribution in [0.3, 0.4) is 0 Å². The zero-order valence-corrected chi connectivity index (χ0v) is 13.8. The summed E-state index contributed by atoms with van der Waals surface area (Å²) in [5, 5.41) is 0. The van der Waals surface area contributed by atoms with E-state index in [1.165, 1.54) is 0 Å². The lowest BCUT2D eigenvalue weighted by molar-refractivity contribution is 0.0492. The highest BCUT2D eigenvalue weighted by atomic mass is 79.9. The van der Waals surface area contributed by atoms with Crippen LogP contribution >= 0.6 is 26.6 Å². The number of hydrogen-bond donors (Lipinski definition) is 0. The number of halogens is 3. The Morgan fingerprint density at radius 1 is 1.40 bits per heavy atom. The van der Waals surface area contributed by atoms with Gasteiger partial charge in [-0.2, -0.15) is 0 Å². The van der Waals surface area contributed by atoms with E-state index in [0.29, 0.717) is 6.42 Å². The average Bonchev–Trinajstić information content (AvgIpc) is 2.32. The molecule has 0 saturated carbocycles. The molecule has 0 bridgehead atoms. The molecule has 0 heterocycles. The van der Waals surface area contributed by atoms with Crippen molar-refractivity contribution < 1.29 is 22.3 Å². The van der Waals surface area contributed by atoms with Gasteiger partial charge >= 0.3 is 5.97 Å². The number of hydrogen-bond acceptors (Lipinski definition) is 4. The van der Waals surface area contributed by atoms with Crippen LogP contribution < -0.4 is 0 Å². The van der Waals surface area contributed by atoms with Crippen LogP contribution in [0, 0.1) is 5.82 Å². The number of carbonyl (C=O) groups is 1. The maximum Gasteiger partial charge on any atom is 0.341 e. The van der Waals surface area contributed by atoms with Gasteiger partial charge in [-0.05, 0) is 34.5 Å². The second-order valence-electron chi connectivity index (χ2n) is 4.04. The number of benzene rings is 1. The molecule has 112 valence electrons. The van der Waals surface area contributed by atoms with E-state index >= 15 is 0 Å². The van der Waals surface area contributed by atoms with Gasteiger partial charge in [-0.15, -0.1) is 0 Å². The fourth-order valence-electron chi connectivity index (χ4n) is 1.47. The summed E-state index contributed by atoms with van der Waals surface area (Å²) in [4.78, 5) is 11.3. The normalized spacial score (nSPS) is 11.4. The summed E-state index contributed by atoms with van der Waals surface area (Å²) in [5.74, 6) is -1.78. The van der Waals surface area contributed by atoms with E-state index in [-0.39, 0.29) is 16.0 Å². The molecule has 0 fully saturated rings. The summed E-state index contributed by atoms with van der Waals surface area (Å²) in [6, 6.07) is 1.74. The van der Waals surface area contributed by atoms with Gasteiger partial charge in [0.15, 0.2) is 0 Å². The lowest BCUT2D eigenvalue weighted by Crippen LogP contribution is -2.10. The van der Waals surface area contributed by atoms with Gasteiger partial charge in [0.05, 0.1) is 17.1 Å². The second-order valence-corrected chi connectivity index (χ2v) is 7.43. The highest BCUT2D eigenvalue weighted by molar-refractivity contribution is 9.10. The summed E-state index contributed by atoms with van der Waals surface area (Å²) in [5.41, 5.74) is -0.455. The molecule has 8 heteroatoms. The standard InChI is InChI=1S/C12H13BrClFO4S/c1-2-3-4-5-19-12(16)8-6-11(20(14,17)18)9(13)7-10(8)15/h6-7H,2-5H2,1H3. The molecule has 1 rings (SSSR count). The molecule has 0 aliphatic rings. The van der Waals surface area contributed by atoms with E-state index in [9.17, 15) is 17.6 Å². The SMILES string of the molecule is CCCCCOC(=O)c1cc(S(=O)(=O)Cl)c(Br)cc1F. The summed E-state index contributed by atoms with van der Waals surface area (Å²) >= 11 is 2.88. The third-order valence-electron chi connectivity index (χ3n) is 2.49. The highest BCUT2D eigenvalue weighted by Gasteiger charge is 2.22. The molecule has 0 unspecified atom stereocenters. The van der Waals surface area contributed by atoms with Gasteiger partial charge in [-0.1, -0.05) is 19.8 Å². The molecular formula is C12H13BrClFO4S. The van der Waals surface area contributed by atoms with Gasteiger partial charge in [0.1, 0.15) is 5.82 Å². The first-order chi connectivity index (χ1) is 9.27. The highest BCUT2D eigenvalue weighted by Crippen LogP contribution is 2.28. The Morgan fingerprint density at radius 3 is 2.60 bits per heavy atom. The molecule has 1 aromatic carbocycles. The van der Waals surface area contributed by atoms with Crippen molar-refractivity contribution in [2.24, 2.45) is 0 Å². The number of esters is 1. The molecule has 0 amide bonds. The largest absolute Gasteiger partial charge is 0.462 e. The van der Waals surface area contributed by atoms with Gasteiger partial charge in [0.2, 0.25) is 0 Å². The summed E-state index contributed by atoms with van der Waals surface area (Å²) in [6.45, 7) is 2.15. The molecule has 0 saturated heterocycles. The van der Waals surface area contributed by atoms with E-state index in [1.54, 1.807) is 0 Å². The fraction of sp³-hybridized carbons (Fsp3) is 0.417. The zero-order chi connectivity index (χ0) is 15.3. The molecule has 20 heavy (non-hydrogen) atoms. The molecule has 0 radical (unpaired) electrons. The topological polar surface area (TPSA) is 60.4 Å². The first kappa shape index (κ1) is 17.4. The van der Waals surface area contributed by atoms with Crippen LogP contribution in [0.4, 0.5) is 4.39 Å². The van der Waals surface area contributed by atoms with Crippen LogP contribution in [-0.4, -0.2) is 21.0 Å². The van der Waals surface area contributed by atoms with Crippen LogP contribution in [-0.2, 0) is 13.8 Å². The molecule has 0 aromatic heterocycles. The number of unbranched alkanes of at least 4 members (excludes halogenated alkanes) is 2. The smallest absolute Gasteiger partial charge is 0.341 e. The van der Waals surface area contributed by atoms with Crippen LogP contribution in [0.15, 0.2) is 21.5 Å². The number of carbonyl (C=O) groups excluding carboxylic acids is 1. The third kappa shape index (κ3) is 4.71. The quantitative estimate of drug-likeness (QED) is 0.422. The molecular weight excluding hydrogens is 375 g/mol. The van der Waals surface area contributed by atoms with Crippen LogP contribution in [0.25, 0.3) is 0 Å². The Hall–Kier alpha value is -0.660. The van der Waals surface area contributed by atoms with Gasteiger partial charge < -0.3 is 4.74 Å². The third-order valence-corrected chi connectivity index (χ3v) is 4.77. The Labute approximate surface area is 129 Å². The first-order valence-corrected chi connectivity index (χ1v) is 8.98. The monoisotopic (exact) mass is 386 g/mol. The predicted molar refractivity (Wildman–Crippen MR) is 76.9 cm³/mol. The minimum absolute atomic E-state index is 0.0486. The Kier molecular flexibility index (Phi) is 6.42. The number of rotatable bonds is 6. The van der Waals surface area contributed by atoms with Crippen LogP contribution in [0.1, 0.15) is 36.5 Å². The van der Waals surface area contributed by atoms with Crippen molar-refractivity contribution in [3.63, 3.8) is 0 Å². The molecule has 0 aliphatic heterocycles. The molecule has 0 atom stereocenters. The van der Waals surface area contributed by atoms with E-state index in [0.717, 1.165) is 25.0 Å². The van der Waals surface area contributed by atoms with Crippen molar-refractivity contribution in [3.05, 3.63) is 28.0 Å². The maximum atomic E-state index is 13.7. The minimum Gasteiger partial charge on any atom is -0.462 e. The van der Waals surface area contributed by atoms with Gasteiger partial charge in [0, 0.05) is 15.2 Å². The van der Waals surface area contributed by atoms with E-state index in [2.05, 4.69) is 15.9 Å². The van der Waals surface area contributed by atoms with E-state index in [1.807, 2.05) is 6.92 Å². The van der Waals surface area contributed by atoms with Gasteiger partial charge in [-0.3, -0.25) is 0 Å². The summed E-state index contributed by atoms with van der Waals surface area (Å²) < 4.78 is 41.1. The lowest BCUT2D eigenvalue weighted by atomic mass is 10.2. The average molecular weight is 388 g/mol. The lowest BCUT2D eigenvalue weighted by Gasteiger charge is -2.08. The molecule has 0 spiro atoms. The molecule has 4 nitrogen and oxygen atoms in total. The summed E-state index contributed by atoms with van der Waals surface area (Å²) in [7, 11) is 1.12. The molecule has 1 aromatic rings. The minimum atomic E-state index is -4.08. The van der Waals surface area contributed by atoms with E-state index in [4.69, 9.17) is 15.4 Å². The second kappa shape index (κ2) is 7.38. The zero-order valence-electron chi connectivity index (χ0n) is 10.7. The maximum absolute atomic E-state index is 13.7. The van der Waals surface area contributed by atoms with Crippen molar-refractivity contribution in [2.75, 3.05) is 6.61 Å². The first-order valence-electron chi connectivity index (χ1n) is 5.88. The van der Waals surface area contributed by atoms with Crippen molar-refractivity contribution in [1.29, 1.82) is 0 Å². The van der Waals surface area contributed by atoms with Gasteiger partial charge in [-0.25, -0.2) is 17.6 Å². The Morgan fingerprint density at radius 2 is 2.05 bits per heavy atom. The van der Waals surface area contributed by atoms with Crippen LogP contribution in [0.2, 0.25) is 0 Å². The number of ether oxygens (including phenoxy) is 1. The van der Waals surface area contributed by atoms with Crippen molar-refractivity contribution in [1.82, 2.24) is 0 Å². The molecule has 0 N–H and O–H groups in total. The Bertz CT molecular complexity index is 604. The van der Waals surface area contributed by atoms with Crippen molar-refractivity contribution in [3.8, 4) is 0 Å². The molecule has 0 aliphatic carbocycles. The predicted octanol–water partition coefficient (Wildman–Crippen LogP) is 3.86. The van der Waals surface area contributed by atoms with Gasteiger partial charge in [0.25, 0.3) is 9.05 Å². The Balaban J connectivity index is 2.98.